The van der Waals surface area contributed by atoms with Gasteiger partial charge in [0.1, 0.15) is 12.1 Å². The average Bonchev–Trinajstić information content (AvgIpc) is 2.08. The SMILES string of the molecule is O=CCc1c(F)cccc1[N+](=O)[O-]. The molecule has 0 amide bonds. The quantitative estimate of drug-likeness (QED) is 0.405. The summed E-state index contributed by atoms with van der Waals surface area (Å²) in [5.74, 6) is -0.721. The van der Waals surface area contributed by atoms with E-state index in [1.807, 2.05) is 0 Å². The number of hydrogen-bond donors (Lipinski definition) is 0. The number of nitro benzene ring substituents is 1. The third-order valence-electron chi connectivity index (χ3n) is 1.58. The molecule has 0 aliphatic heterocycles. The first-order chi connectivity index (χ1) is 6.16. The van der Waals surface area contributed by atoms with Crippen LogP contribution in [-0.4, -0.2) is 11.2 Å². The largest absolute Gasteiger partial charge is 0.303 e. The number of carbonyl (C=O) groups excluding carboxylic acids is 1. The molecule has 0 spiro atoms. The highest BCUT2D eigenvalue weighted by Crippen LogP contribution is 2.20. The minimum absolute atomic E-state index is 0.164. The summed E-state index contributed by atoms with van der Waals surface area (Å²) < 4.78 is 12.9. The predicted molar refractivity (Wildman–Crippen MR) is 42.8 cm³/mol. The molecule has 13 heavy (non-hydrogen) atoms. The van der Waals surface area contributed by atoms with Gasteiger partial charge in [-0.1, -0.05) is 6.07 Å². The Bertz CT molecular complexity index is 351. The van der Waals surface area contributed by atoms with Gasteiger partial charge in [0.05, 0.1) is 10.5 Å². The molecule has 0 saturated heterocycles. The van der Waals surface area contributed by atoms with Crippen LogP contribution in [0.1, 0.15) is 5.56 Å². The summed E-state index contributed by atoms with van der Waals surface area (Å²) in [6, 6.07) is 3.50. The Labute approximate surface area is 73.1 Å². The van der Waals surface area contributed by atoms with E-state index >= 15 is 0 Å². The van der Waals surface area contributed by atoms with Crippen LogP contribution in [0.4, 0.5) is 10.1 Å². The van der Waals surface area contributed by atoms with Crippen molar-refractivity contribution < 1.29 is 14.1 Å². The van der Waals surface area contributed by atoms with E-state index < -0.39 is 10.7 Å². The third-order valence-corrected chi connectivity index (χ3v) is 1.58. The van der Waals surface area contributed by atoms with Gasteiger partial charge in [-0.2, -0.15) is 0 Å². The Kier molecular flexibility index (Phi) is 2.69. The molecule has 4 nitrogen and oxygen atoms in total. The molecule has 1 rings (SSSR count). The normalized spacial score (nSPS) is 9.62. The highest BCUT2D eigenvalue weighted by atomic mass is 19.1. The number of aldehydes is 1. The number of rotatable bonds is 3. The first kappa shape index (κ1) is 9.31. The minimum Gasteiger partial charge on any atom is -0.303 e. The summed E-state index contributed by atoms with van der Waals surface area (Å²) in [4.78, 5) is 19.8. The van der Waals surface area contributed by atoms with Gasteiger partial charge in [-0.3, -0.25) is 10.1 Å². The van der Waals surface area contributed by atoms with E-state index in [-0.39, 0.29) is 17.7 Å². The van der Waals surface area contributed by atoms with Crippen LogP contribution >= 0.6 is 0 Å². The van der Waals surface area contributed by atoms with Crippen molar-refractivity contribution in [2.45, 2.75) is 6.42 Å². The van der Waals surface area contributed by atoms with E-state index in [9.17, 15) is 19.3 Å². The van der Waals surface area contributed by atoms with Crippen molar-refractivity contribution in [1.82, 2.24) is 0 Å². The Hall–Kier alpha value is -1.78. The third kappa shape index (κ3) is 1.87. The second-order valence-corrected chi connectivity index (χ2v) is 2.37. The molecule has 0 unspecified atom stereocenters. The Balaban J connectivity index is 3.24. The molecule has 0 fully saturated rings. The maximum absolute atomic E-state index is 12.9. The van der Waals surface area contributed by atoms with E-state index in [1.54, 1.807) is 0 Å². The Morgan fingerprint density at radius 3 is 2.77 bits per heavy atom. The van der Waals surface area contributed by atoms with Crippen molar-refractivity contribution >= 4 is 12.0 Å². The molecule has 0 heterocycles. The first-order valence-corrected chi connectivity index (χ1v) is 3.52. The van der Waals surface area contributed by atoms with Crippen LogP contribution in [0.2, 0.25) is 0 Å². The lowest BCUT2D eigenvalue weighted by molar-refractivity contribution is -0.385. The second kappa shape index (κ2) is 3.75. The molecule has 0 atom stereocenters. The van der Waals surface area contributed by atoms with Gasteiger partial charge in [0.15, 0.2) is 0 Å². The molecule has 0 radical (unpaired) electrons. The monoisotopic (exact) mass is 183 g/mol. The zero-order valence-electron chi connectivity index (χ0n) is 6.57. The zero-order chi connectivity index (χ0) is 9.84. The smallest absolute Gasteiger partial charge is 0.275 e. The summed E-state index contributed by atoms with van der Waals surface area (Å²) in [6.07, 6.45) is 0.161. The topological polar surface area (TPSA) is 60.2 Å². The Morgan fingerprint density at radius 2 is 2.23 bits per heavy atom. The molecular formula is C8H6FNO3. The van der Waals surface area contributed by atoms with E-state index in [2.05, 4.69) is 0 Å². The molecule has 0 aliphatic rings. The van der Waals surface area contributed by atoms with Crippen LogP contribution in [0.25, 0.3) is 0 Å². The molecule has 0 saturated carbocycles. The van der Waals surface area contributed by atoms with Crippen molar-refractivity contribution in [3.8, 4) is 0 Å². The van der Waals surface area contributed by atoms with Crippen LogP contribution < -0.4 is 0 Å². The molecule has 1 aromatic rings. The lowest BCUT2D eigenvalue weighted by Gasteiger charge is -1.98. The zero-order valence-corrected chi connectivity index (χ0v) is 6.57. The minimum atomic E-state index is -0.721. The molecule has 0 aliphatic carbocycles. The summed E-state index contributed by atoms with van der Waals surface area (Å²) >= 11 is 0. The first-order valence-electron chi connectivity index (χ1n) is 3.52. The summed E-state index contributed by atoms with van der Waals surface area (Å²) in [7, 11) is 0. The van der Waals surface area contributed by atoms with Crippen LogP contribution in [0.5, 0.6) is 0 Å². The standard InChI is InChI=1S/C8H6FNO3/c9-7-2-1-3-8(10(12)13)6(7)4-5-11/h1-3,5H,4H2. The molecule has 5 heteroatoms. The van der Waals surface area contributed by atoms with Gasteiger partial charge in [0.2, 0.25) is 0 Å². The number of halogens is 1. The molecule has 1 aromatic carbocycles. The lowest BCUT2D eigenvalue weighted by atomic mass is 10.1. The van der Waals surface area contributed by atoms with Gasteiger partial charge in [-0.05, 0) is 6.07 Å². The van der Waals surface area contributed by atoms with Crippen molar-refractivity contribution in [3.63, 3.8) is 0 Å². The van der Waals surface area contributed by atoms with E-state index in [4.69, 9.17) is 0 Å². The lowest BCUT2D eigenvalue weighted by Crippen LogP contribution is -1.99. The molecule has 68 valence electrons. The van der Waals surface area contributed by atoms with Crippen LogP contribution in [-0.2, 0) is 11.2 Å². The molecular weight excluding hydrogens is 177 g/mol. The molecule has 0 bridgehead atoms. The summed E-state index contributed by atoms with van der Waals surface area (Å²) in [5.41, 5.74) is -0.519. The summed E-state index contributed by atoms with van der Waals surface area (Å²) in [6.45, 7) is 0. The van der Waals surface area contributed by atoms with Gasteiger partial charge in [-0.15, -0.1) is 0 Å². The number of nitrogens with zero attached hydrogens (tertiary/aromatic N) is 1. The van der Waals surface area contributed by atoms with Gasteiger partial charge in [-0.25, -0.2) is 4.39 Å². The molecule has 0 N–H and O–H groups in total. The Morgan fingerprint density at radius 1 is 1.54 bits per heavy atom. The highest BCUT2D eigenvalue weighted by Gasteiger charge is 2.16. The van der Waals surface area contributed by atoms with E-state index in [1.165, 1.54) is 12.1 Å². The van der Waals surface area contributed by atoms with Crippen LogP contribution in [0.15, 0.2) is 18.2 Å². The fourth-order valence-electron chi connectivity index (χ4n) is 1.00. The molecule has 0 aromatic heterocycles. The highest BCUT2D eigenvalue weighted by molar-refractivity contribution is 5.59. The van der Waals surface area contributed by atoms with Crippen molar-refractivity contribution in [1.29, 1.82) is 0 Å². The summed E-state index contributed by atoms with van der Waals surface area (Å²) in [5, 5.41) is 10.4. The number of hydrogen-bond acceptors (Lipinski definition) is 3. The average molecular weight is 183 g/mol. The van der Waals surface area contributed by atoms with Gasteiger partial charge in [0.25, 0.3) is 5.69 Å². The van der Waals surface area contributed by atoms with Crippen LogP contribution in [0, 0.1) is 15.9 Å². The number of carbonyl (C=O) groups is 1. The van der Waals surface area contributed by atoms with Gasteiger partial charge < -0.3 is 4.79 Å². The predicted octanol–water partition coefficient (Wildman–Crippen LogP) is 1.48. The second-order valence-electron chi connectivity index (χ2n) is 2.37. The fraction of sp³-hybridized carbons (Fsp3) is 0.125. The van der Waals surface area contributed by atoms with Gasteiger partial charge >= 0.3 is 0 Å². The van der Waals surface area contributed by atoms with Crippen molar-refractivity contribution in [2.24, 2.45) is 0 Å². The van der Waals surface area contributed by atoms with Crippen molar-refractivity contribution in [2.75, 3.05) is 0 Å². The van der Waals surface area contributed by atoms with E-state index in [0.717, 1.165) is 6.07 Å². The van der Waals surface area contributed by atoms with Gasteiger partial charge in [0, 0.05) is 12.5 Å². The maximum Gasteiger partial charge on any atom is 0.275 e. The van der Waals surface area contributed by atoms with Crippen molar-refractivity contribution in [3.05, 3.63) is 39.7 Å². The van der Waals surface area contributed by atoms with Crippen LogP contribution in [0.3, 0.4) is 0 Å². The number of benzene rings is 1. The maximum atomic E-state index is 12.9. The number of nitro groups is 1. The van der Waals surface area contributed by atoms with E-state index in [0.29, 0.717) is 6.29 Å². The fourth-order valence-corrected chi connectivity index (χ4v) is 1.00.